The van der Waals surface area contributed by atoms with Gasteiger partial charge in [0.25, 0.3) is 0 Å². The van der Waals surface area contributed by atoms with Crippen molar-refractivity contribution in [1.82, 2.24) is 9.55 Å². The molecule has 0 amide bonds. The van der Waals surface area contributed by atoms with E-state index >= 15 is 0 Å². The van der Waals surface area contributed by atoms with Gasteiger partial charge in [-0.1, -0.05) is 18.2 Å². The van der Waals surface area contributed by atoms with Crippen molar-refractivity contribution < 1.29 is 9.50 Å². The minimum atomic E-state index is -0.336. The average molecular weight is 256 g/mol. The molecule has 96 valence electrons. The fourth-order valence-electron chi connectivity index (χ4n) is 2.29. The lowest BCUT2D eigenvalue weighted by molar-refractivity contribution is 0.471. The number of phenolic OH excluding ortho intramolecular Hbond substituents is 1. The molecule has 0 bridgehead atoms. The number of nitrogens with zero attached hydrogens (tertiary/aromatic N) is 2. The van der Waals surface area contributed by atoms with Gasteiger partial charge in [-0.25, -0.2) is 9.37 Å². The van der Waals surface area contributed by atoms with Crippen LogP contribution >= 0.6 is 0 Å². The summed E-state index contributed by atoms with van der Waals surface area (Å²) in [6, 6.07) is 10.1. The van der Waals surface area contributed by atoms with Gasteiger partial charge in [0.1, 0.15) is 17.1 Å². The number of aromatic hydroxyl groups is 1. The zero-order valence-electron chi connectivity index (χ0n) is 10.7. The first-order valence-electron chi connectivity index (χ1n) is 5.99. The van der Waals surface area contributed by atoms with Gasteiger partial charge in [0, 0.05) is 18.2 Å². The number of rotatable bonds is 1. The summed E-state index contributed by atoms with van der Waals surface area (Å²) in [6.45, 7) is 1.82. The Hall–Kier alpha value is -2.36. The van der Waals surface area contributed by atoms with Gasteiger partial charge in [0.2, 0.25) is 0 Å². The van der Waals surface area contributed by atoms with Crippen molar-refractivity contribution in [2.24, 2.45) is 7.05 Å². The number of benzene rings is 2. The molecule has 0 radical (unpaired) electrons. The van der Waals surface area contributed by atoms with Crippen molar-refractivity contribution in [2.45, 2.75) is 6.92 Å². The van der Waals surface area contributed by atoms with Crippen LogP contribution in [-0.2, 0) is 7.05 Å². The largest absolute Gasteiger partial charge is 0.508 e. The highest BCUT2D eigenvalue weighted by molar-refractivity contribution is 5.82. The lowest BCUT2D eigenvalue weighted by Gasteiger charge is -2.07. The SMILES string of the molecule is Cc1c(O)cccc1-c1nc2c(F)cccc2n1C. The van der Waals surface area contributed by atoms with Gasteiger partial charge < -0.3 is 9.67 Å². The van der Waals surface area contributed by atoms with Gasteiger partial charge in [0.15, 0.2) is 5.82 Å². The standard InChI is InChI=1S/C15H13FN2O/c1-9-10(5-3-8-13(9)19)15-17-14-11(16)6-4-7-12(14)18(15)2/h3-8,19H,1-2H3. The molecule has 2 aromatic carbocycles. The van der Waals surface area contributed by atoms with Crippen molar-refractivity contribution in [1.29, 1.82) is 0 Å². The number of phenols is 1. The van der Waals surface area contributed by atoms with Crippen LogP contribution in [0.25, 0.3) is 22.4 Å². The second kappa shape index (κ2) is 4.09. The molecule has 0 unspecified atom stereocenters. The lowest BCUT2D eigenvalue weighted by Crippen LogP contribution is -1.94. The maximum absolute atomic E-state index is 13.7. The van der Waals surface area contributed by atoms with Crippen LogP contribution in [0.1, 0.15) is 5.56 Å². The van der Waals surface area contributed by atoms with Crippen LogP contribution in [0.5, 0.6) is 5.75 Å². The molecule has 0 atom stereocenters. The summed E-state index contributed by atoms with van der Waals surface area (Å²) in [6.07, 6.45) is 0. The number of halogens is 1. The average Bonchev–Trinajstić information content (AvgIpc) is 2.72. The van der Waals surface area contributed by atoms with Crippen LogP contribution in [0, 0.1) is 12.7 Å². The van der Waals surface area contributed by atoms with Gasteiger partial charge in [-0.3, -0.25) is 0 Å². The smallest absolute Gasteiger partial charge is 0.151 e. The minimum Gasteiger partial charge on any atom is -0.508 e. The molecule has 4 heteroatoms. The molecule has 3 aromatic rings. The first-order chi connectivity index (χ1) is 9.09. The molecule has 0 spiro atoms. The summed E-state index contributed by atoms with van der Waals surface area (Å²) in [7, 11) is 1.84. The number of imidazole rings is 1. The van der Waals surface area contributed by atoms with Gasteiger partial charge in [-0.15, -0.1) is 0 Å². The fraction of sp³-hybridized carbons (Fsp3) is 0.133. The number of para-hydroxylation sites is 1. The van der Waals surface area contributed by atoms with E-state index < -0.39 is 0 Å². The molecule has 19 heavy (non-hydrogen) atoms. The summed E-state index contributed by atoms with van der Waals surface area (Å²) < 4.78 is 15.6. The zero-order chi connectivity index (χ0) is 13.6. The van der Waals surface area contributed by atoms with Crippen LogP contribution in [0.15, 0.2) is 36.4 Å². The second-order valence-corrected chi connectivity index (χ2v) is 4.55. The molecule has 0 aliphatic heterocycles. The molecule has 0 saturated heterocycles. The van der Waals surface area contributed by atoms with E-state index in [1.807, 2.05) is 30.7 Å². The maximum Gasteiger partial charge on any atom is 0.151 e. The Balaban J connectivity index is 2.35. The van der Waals surface area contributed by atoms with E-state index in [0.29, 0.717) is 11.3 Å². The highest BCUT2D eigenvalue weighted by atomic mass is 19.1. The van der Waals surface area contributed by atoms with Gasteiger partial charge in [-0.05, 0) is 25.1 Å². The first kappa shape index (κ1) is 11.7. The van der Waals surface area contributed by atoms with Gasteiger partial charge >= 0.3 is 0 Å². The number of aromatic nitrogens is 2. The predicted molar refractivity (Wildman–Crippen MR) is 72.5 cm³/mol. The van der Waals surface area contributed by atoms with E-state index in [1.165, 1.54) is 6.07 Å². The van der Waals surface area contributed by atoms with E-state index in [1.54, 1.807) is 18.2 Å². The number of hydrogen-bond donors (Lipinski definition) is 1. The van der Waals surface area contributed by atoms with Crippen molar-refractivity contribution in [3.8, 4) is 17.1 Å². The summed E-state index contributed by atoms with van der Waals surface area (Å²) in [5, 5.41) is 9.77. The molecular weight excluding hydrogens is 243 g/mol. The molecule has 3 rings (SSSR count). The third kappa shape index (κ3) is 1.68. The van der Waals surface area contributed by atoms with Gasteiger partial charge in [-0.2, -0.15) is 0 Å². The summed E-state index contributed by atoms with van der Waals surface area (Å²) in [4.78, 5) is 4.36. The predicted octanol–water partition coefficient (Wildman–Crippen LogP) is 3.39. The Bertz CT molecular complexity index is 777. The van der Waals surface area contributed by atoms with Crippen LogP contribution in [0.4, 0.5) is 4.39 Å². The third-order valence-electron chi connectivity index (χ3n) is 3.41. The fourth-order valence-corrected chi connectivity index (χ4v) is 2.29. The summed E-state index contributed by atoms with van der Waals surface area (Å²) in [5.41, 5.74) is 2.62. The Morgan fingerprint density at radius 1 is 1.16 bits per heavy atom. The highest BCUT2D eigenvalue weighted by Gasteiger charge is 2.15. The van der Waals surface area contributed by atoms with E-state index in [0.717, 1.165) is 16.6 Å². The second-order valence-electron chi connectivity index (χ2n) is 4.55. The molecule has 3 nitrogen and oxygen atoms in total. The molecule has 0 saturated carbocycles. The number of fused-ring (bicyclic) bond motifs is 1. The highest BCUT2D eigenvalue weighted by Crippen LogP contribution is 2.30. The Morgan fingerprint density at radius 2 is 1.89 bits per heavy atom. The first-order valence-corrected chi connectivity index (χ1v) is 5.99. The molecular formula is C15H13FN2O. The van der Waals surface area contributed by atoms with Crippen molar-refractivity contribution >= 4 is 11.0 Å². The van der Waals surface area contributed by atoms with Crippen molar-refractivity contribution in [3.05, 3.63) is 47.8 Å². The van der Waals surface area contributed by atoms with Crippen molar-refractivity contribution in [3.63, 3.8) is 0 Å². The minimum absolute atomic E-state index is 0.213. The lowest BCUT2D eigenvalue weighted by atomic mass is 10.1. The number of aryl methyl sites for hydroxylation is 1. The molecule has 0 fully saturated rings. The monoisotopic (exact) mass is 256 g/mol. The molecule has 0 aliphatic rings. The summed E-state index contributed by atoms with van der Waals surface area (Å²) in [5.74, 6) is 0.524. The molecule has 1 aromatic heterocycles. The van der Waals surface area contributed by atoms with Gasteiger partial charge in [0.05, 0.1) is 5.52 Å². The summed E-state index contributed by atoms with van der Waals surface area (Å²) >= 11 is 0. The van der Waals surface area contributed by atoms with E-state index in [9.17, 15) is 9.50 Å². The third-order valence-corrected chi connectivity index (χ3v) is 3.41. The maximum atomic E-state index is 13.7. The van der Waals surface area contributed by atoms with E-state index in [4.69, 9.17) is 0 Å². The Kier molecular flexibility index (Phi) is 2.52. The van der Waals surface area contributed by atoms with E-state index in [-0.39, 0.29) is 11.6 Å². The van der Waals surface area contributed by atoms with Crippen LogP contribution in [0.2, 0.25) is 0 Å². The topological polar surface area (TPSA) is 38.1 Å². The van der Waals surface area contributed by atoms with Crippen LogP contribution in [0.3, 0.4) is 0 Å². The quantitative estimate of drug-likeness (QED) is 0.724. The zero-order valence-corrected chi connectivity index (χ0v) is 10.7. The Labute approximate surface area is 109 Å². The Morgan fingerprint density at radius 3 is 2.63 bits per heavy atom. The normalized spacial score (nSPS) is 11.1. The van der Waals surface area contributed by atoms with Crippen LogP contribution in [-0.4, -0.2) is 14.7 Å². The number of hydrogen-bond acceptors (Lipinski definition) is 2. The van der Waals surface area contributed by atoms with Crippen molar-refractivity contribution in [2.75, 3.05) is 0 Å². The molecule has 1 heterocycles. The molecule has 0 aliphatic carbocycles. The van der Waals surface area contributed by atoms with E-state index in [2.05, 4.69) is 4.98 Å². The molecule has 1 N–H and O–H groups in total. The van der Waals surface area contributed by atoms with Crippen LogP contribution < -0.4 is 0 Å².